The van der Waals surface area contributed by atoms with Gasteiger partial charge in [0.15, 0.2) is 0 Å². The van der Waals surface area contributed by atoms with E-state index in [-0.39, 0.29) is 16.5 Å². The van der Waals surface area contributed by atoms with Crippen LogP contribution >= 0.6 is 34.8 Å². The summed E-state index contributed by atoms with van der Waals surface area (Å²) in [7, 11) is 0. The molecule has 2 saturated heterocycles. The molecule has 0 spiro atoms. The molecule has 2 aromatic heterocycles. The third-order valence-electron chi connectivity index (χ3n) is 7.15. The highest BCUT2D eigenvalue weighted by atomic mass is 35.5. The van der Waals surface area contributed by atoms with Crippen molar-refractivity contribution in [3.63, 3.8) is 0 Å². The SMILES string of the molecule is O=c1ccc2c(-c3ccc(F)cc3Cl)nc(C3CC4CCC(C3)N4)cc2n1-c1c(Cl)cccc1Cl. The first-order valence-electron chi connectivity index (χ1n) is 11.6. The summed E-state index contributed by atoms with van der Waals surface area (Å²) in [4.78, 5) is 18.3. The van der Waals surface area contributed by atoms with Crippen LogP contribution in [0.1, 0.15) is 37.3 Å². The van der Waals surface area contributed by atoms with Gasteiger partial charge in [-0.3, -0.25) is 14.3 Å². The molecule has 6 rings (SSSR count). The number of fused-ring (bicyclic) bond motifs is 3. The number of pyridine rings is 2. The van der Waals surface area contributed by atoms with Crippen LogP contribution in [-0.4, -0.2) is 21.6 Å². The van der Waals surface area contributed by atoms with Gasteiger partial charge in [-0.1, -0.05) is 40.9 Å². The number of hydrogen-bond acceptors (Lipinski definition) is 3. The average molecular weight is 529 g/mol. The van der Waals surface area contributed by atoms with Crippen molar-refractivity contribution in [2.45, 2.75) is 43.7 Å². The molecular weight excluding hydrogens is 508 g/mol. The summed E-state index contributed by atoms with van der Waals surface area (Å²) in [6.45, 7) is 0. The van der Waals surface area contributed by atoms with Crippen molar-refractivity contribution in [3.05, 3.63) is 91.5 Å². The third-order valence-corrected chi connectivity index (χ3v) is 8.07. The predicted molar refractivity (Wildman–Crippen MR) is 140 cm³/mol. The zero-order valence-electron chi connectivity index (χ0n) is 18.6. The van der Waals surface area contributed by atoms with E-state index in [0.717, 1.165) is 31.4 Å². The third kappa shape index (κ3) is 4.05. The minimum Gasteiger partial charge on any atom is -0.311 e. The molecule has 0 amide bonds. The molecule has 2 aliphatic rings. The van der Waals surface area contributed by atoms with Gasteiger partial charge in [-0.25, -0.2) is 4.39 Å². The smallest absolute Gasteiger partial charge is 0.255 e. The summed E-state index contributed by atoms with van der Waals surface area (Å²) in [5.74, 6) is -0.199. The summed E-state index contributed by atoms with van der Waals surface area (Å²) in [6.07, 6.45) is 4.25. The van der Waals surface area contributed by atoms with Crippen molar-refractivity contribution >= 4 is 45.7 Å². The Labute approximate surface area is 216 Å². The maximum Gasteiger partial charge on any atom is 0.255 e. The van der Waals surface area contributed by atoms with E-state index < -0.39 is 5.82 Å². The van der Waals surface area contributed by atoms with E-state index >= 15 is 0 Å². The lowest BCUT2D eigenvalue weighted by Crippen LogP contribution is -2.37. The molecule has 4 nitrogen and oxygen atoms in total. The van der Waals surface area contributed by atoms with Crippen molar-refractivity contribution < 1.29 is 4.39 Å². The molecule has 2 unspecified atom stereocenters. The van der Waals surface area contributed by atoms with Gasteiger partial charge >= 0.3 is 0 Å². The highest BCUT2D eigenvalue weighted by Crippen LogP contribution is 2.41. The second-order valence-electron chi connectivity index (χ2n) is 9.34. The van der Waals surface area contributed by atoms with Crippen LogP contribution in [0, 0.1) is 5.82 Å². The van der Waals surface area contributed by atoms with Crippen LogP contribution in [0.3, 0.4) is 0 Å². The molecule has 0 aliphatic carbocycles. The Morgan fingerprint density at radius 3 is 2.31 bits per heavy atom. The molecule has 0 saturated carbocycles. The number of rotatable bonds is 3. The predicted octanol–water partition coefficient (Wildman–Crippen LogP) is 7.15. The number of para-hydroxylation sites is 1. The number of aromatic nitrogens is 2. The van der Waals surface area contributed by atoms with Gasteiger partial charge in [0, 0.05) is 40.7 Å². The Morgan fingerprint density at radius 2 is 1.63 bits per heavy atom. The fourth-order valence-electron chi connectivity index (χ4n) is 5.59. The Bertz CT molecular complexity index is 1500. The topological polar surface area (TPSA) is 46.9 Å². The lowest BCUT2D eigenvalue weighted by Gasteiger charge is -2.29. The van der Waals surface area contributed by atoms with Gasteiger partial charge in [0.1, 0.15) is 5.82 Å². The standard InChI is InChI=1S/C27H21Cl3FN3O/c28-20-2-1-3-21(29)27(20)34-24-13-23(14-10-16-5-6-17(11-14)32-16)33-26(19(24)8-9-25(34)35)18-7-4-15(31)12-22(18)30/h1-4,7-9,12-14,16-17,32H,5-6,10-11H2. The van der Waals surface area contributed by atoms with Gasteiger partial charge in [-0.15, -0.1) is 0 Å². The van der Waals surface area contributed by atoms with Crippen LogP contribution in [-0.2, 0) is 0 Å². The summed E-state index contributed by atoms with van der Waals surface area (Å²) >= 11 is 19.6. The van der Waals surface area contributed by atoms with E-state index in [1.807, 2.05) is 6.07 Å². The molecule has 8 heteroatoms. The maximum absolute atomic E-state index is 13.9. The van der Waals surface area contributed by atoms with Crippen LogP contribution < -0.4 is 10.9 Å². The lowest BCUT2D eigenvalue weighted by molar-refractivity contribution is 0.359. The molecule has 1 N–H and O–H groups in total. The number of nitrogens with one attached hydrogen (secondary N) is 1. The van der Waals surface area contributed by atoms with E-state index in [4.69, 9.17) is 39.8 Å². The zero-order valence-corrected chi connectivity index (χ0v) is 20.8. The normalized spacial score (nSPS) is 21.5. The second kappa shape index (κ2) is 8.90. The van der Waals surface area contributed by atoms with Crippen molar-refractivity contribution in [1.82, 2.24) is 14.9 Å². The molecule has 4 aromatic rings. The molecule has 2 fully saturated rings. The number of nitrogens with zero attached hydrogens (tertiary/aromatic N) is 2. The van der Waals surface area contributed by atoms with Crippen LogP contribution in [0.5, 0.6) is 0 Å². The van der Waals surface area contributed by atoms with Gasteiger partial charge in [-0.05, 0) is 68.1 Å². The Kier molecular flexibility index (Phi) is 5.84. The summed E-state index contributed by atoms with van der Waals surface area (Å²) in [5.41, 5.74) is 2.89. The van der Waals surface area contributed by atoms with Gasteiger partial charge in [0.05, 0.1) is 32.0 Å². The summed E-state index contributed by atoms with van der Waals surface area (Å²) < 4.78 is 15.4. The van der Waals surface area contributed by atoms with E-state index in [9.17, 15) is 9.18 Å². The van der Waals surface area contributed by atoms with Crippen molar-refractivity contribution in [1.29, 1.82) is 0 Å². The number of hydrogen-bond donors (Lipinski definition) is 1. The van der Waals surface area contributed by atoms with Gasteiger partial charge in [-0.2, -0.15) is 0 Å². The molecule has 2 aromatic carbocycles. The number of piperidine rings is 1. The van der Waals surface area contributed by atoms with Crippen LogP contribution in [0.25, 0.3) is 27.8 Å². The first kappa shape index (κ1) is 23.0. The number of benzene rings is 2. The first-order valence-corrected chi connectivity index (χ1v) is 12.7. The first-order chi connectivity index (χ1) is 16.9. The van der Waals surface area contributed by atoms with Gasteiger partial charge in [0.2, 0.25) is 0 Å². The molecule has 0 radical (unpaired) electrons. The quantitative estimate of drug-likeness (QED) is 0.307. The van der Waals surface area contributed by atoms with E-state index in [2.05, 4.69) is 5.32 Å². The van der Waals surface area contributed by atoms with Gasteiger partial charge in [0.25, 0.3) is 5.56 Å². The van der Waals surface area contributed by atoms with Crippen molar-refractivity contribution in [2.24, 2.45) is 0 Å². The summed E-state index contributed by atoms with van der Waals surface area (Å²) in [5, 5.41) is 5.37. The fraction of sp³-hybridized carbons (Fsp3) is 0.259. The molecule has 178 valence electrons. The molecule has 2 bridgehead atoms. The van der Waals surface area contributed by atoms with Crippen LogP contribution in [0.2, 0.25) is 15.1 Å². The van der Waals surface area contributed by atoms with E-state index in [1.165, 1.54) is 18.2 Å². The lowest BCUT2D eigenvalue weighted by atomic mass is 9.88. The average Bonchev–Trinajstić information content (AvgIpc) is 3.17. The van der Waals surface area contributed by atoms with Crippen molar-refractivity contribution in [2.75, 3.05) is 0 Å². The second-order valence-corrected chi connectivity index (χ2v) is 10.6. The molecule has 2 aliphatic heterocycles. The van der Waals surface area contributed by atoms with Crippen molar-refractivity contribution in [3.8, 4) is 16.9 Å². The van der Waals surface area contributed by atoms with Gasteiger partial charge < -0.3 is 5.32 Å². The highest BCUT2D eigenvalue weighted by molar-refractivity contribution is 6.38. The molecule has 4 heterocycles. The number of halogens is 4. The molecular formula is C27H21Cl3FN3O. The largest absolute Gasteiger partial charge is 0.311 e. The van der Waals surface area contributed by atoms with E-state index in [1.54, 1.807) is 34.9 Å². The monoisotopic (exact) mass is 527 g/mol. The molecule has 2 atom stereocenters. The highest BCUT2D eigenvalue weighted by Gasteiger charge is 2.35. The maximum atomic E-state index is 13.9. The minimum atomic E-state index is -0.422. The van der Waals surface area contributed by atoms with E-state index in [0.29, 0.717) is 50.0 Å². The Morgan fingerprint density at radius 1 is 0.914 bits per heavy atom. The zero-order chi connectivity index (χ0) is 24.3. The van der Waals surface area contributed by atoms with Crippen LogP contribution in [0.15, 0.2) is 59.4 Å². The Hall–Kier alpha value is -2.44. The minimum absolute atomic E-state index is 0.224. The fourth-order valence-corrected chi connectivity index (χ4v) is 6.41. The van der Waals surface area contributed by atoms with Crippen LogP contribution in [0.4, 0.5) is 4.39 Å². The molecule has 35 heavy (non-hydrogen) atoms. The summed E-state index contributed by atoms with van der Waals surface area (Å²) in [6, 6.07) is 15.5. The Balaban J connectivity index is 1.67.